The third kappa shape index (κ3) is 5.94. The van der Waals surface area contributed by atoms with Gasteiger partial charge in [-0.15, -0.1) is 24.8 Å². The smallest absolute Gasteiger partial charge is 0.224 e. The van der Waals surface area contributed by atoms with Crippen LogP contribution in [0.4, 0.5) is 0 Å². The highest BCUT2D eigenvalue weighted by molar-refractivity contribution is 5.85. The Morgan fingerprint density at radius 2 is 1.78 bits per heavy atom. The van der Waals surface area contributed by atoms with Crippen molar-refractivity contribution in [2.24, 2.45) is 5.73 Å². The first-order chi connectivity index (χ1) is 12.0. The van der Waals surface area contributed by atoms with Crippen LogP contribution in [0.2, 0.25) is 0 Å². The van der Waals surface area contributed by atoms with Crippen LogP contribution in [-0.4, -0.2) is 47.0 Å². The Balaban J connectivity index is 0.00000182. The van der Waals surface area contributed by atoms with Crippen molar-refractivity contribution >= 4 is 30.7 Å². The van der Waals surface area contributed by atoms with E-state index < -0.39 is 0 Å². The van der Waals surface area contributed by atoms with E-state index in [0.717, 1.165) is 55.3 Å². The van der Waals surface area contributed by atoms with Gasteiger partial charge in [-0.3, -0.25) is 9.69 Å². The van der Waals surface area contributed by atoms with Gasteiger partial charge in [0, 0.05) is 50.7 Å². The van der Waals surface area contributed by atoms with E-state index in [0.29, 0.717) is 6.42 Å². The van der Waals surface area contributed by atoms with Gasteiger partial charge in [0.2, 0.25) is 5.91 Å². The molecule has 1 saturated heterocycles. The monoisotopic (exact) mass is 414 g/mol. The van der Waals surface area contributed by atoms with Crippen molar-refractivity contribution in [3.8, 4) is 0 Å². The van der Waals surface area contributed by atoms with Crippen molar-refractivity contribution in [3.05, 3.63) is 52.9 Å². The molecular weight excluding hydrogens is 387 g/mol. The molecule has 1 fully saturated rings. The van der Waals surface area contributed by atoms with Crippen LogP contribution in [0, 0.1) is 13.8 Å². The van der Waals surface area contributed by atoms with Gasteiger partial charge >= 0.3 is 0 Å². The Kier molecular flexibility index (Phi) is 9.26. The molecule has 2 heterocycles. The number of benzene rings is 1. The quantitative estimate of drug-likeness (QED) is 0.813. The summed E-state index contributed by atoms with van der Waals surface area (Å²) in [6, 6.07) is 9.56. The predicted octanol–water partition coefficient (Wildman–Crippen LogP) is 2.87. The molecule has 1 atom stereocenters. The van der Waals surface area contributed by atoms with Crippen LogP contribution in [-0.2, 0) is 11.3 Å². The van der Waals surface area contributed by atoms with Gasteiger partial charge in [0.05, 0.1) is 5.69 Å². The van der Waals surface area contributed by atoms with Crippen molar-refractivity contribution in [1.82, 2.24) is 15.0 Å². The second kappa shape index (κ2) is 10.7. The first-order valence-electron chi connectivity index (χ1n) is 8.77. The Bertz CT molecular complexity index is 696. The fraction of sp³-hybridized carbons (Fsp3) is 0.474. The average molecular weight is 415 g/mol. The molecule has 0 bridgehead atoms. The Morgan fingerprint density at radius 1 is 1.15 bits per heavy atom. The number of carbonyl (C=O) groups is 1. The van der Waals surface area contributed by atoms with Gasteiger partial charge in [-0.25, -0.2) is 0 Å². The van der Waals surface area contributed by atoms with Crippen LogP contribution in [0.1, 0.15) is 35.0 Å². The molecule has 27 heavy (non-hydrogen) atoms. The lowest BCUT2D eigenvalue weighted by molar-refractivity contribution is -0.133. The lowest BCUT2D eigenvalue weighted by Crippen LogP contribution is -2.48. The molecule has 0 saturated carbocycles. The minimum atomic E-state index is -0.242. The van der Waals surface area contributed by atoms with E-state index in [2.05, 4.69) is 10.1 Å². The van der Waals surface area contributed by atoms with Crippen LogP contribution >= 0.6 is 24.8 Å². The number of piperazine rings is 1. The predicted molar refractivity (Wildman–Crippen MR) is 110 cm³/mol. The topological polar surface area (TPSA) is 75.6 Å². The fourth-order valence-electron chi connectivity index (χ4n) is 3.24. The molecule has 1 aromatic carbocycles. The third-order valence-corrected chi connectivity index (χ3v) is 4.91. The third-order valence-electron chi connectivity index (χ3n) is 4.91. The second-order valence-corrected chi connectivity index (χ2v) is 6.68. The maximum Gasteiger partial charge on any atom is 0.224 e. The van der Waals surface area contributed by atoms with Crippen molar-refractivity contribution in [2.75, 3.05) is 26.2 Å². The van der Waals surface area contributed by atoms with Gasteiger partial charge in [-0.1, -0.05) is 35.5 Å². The molecule has 3 rings (SSSR count). The molecule has 0 radical (unpaired) electrons. The van der Waals surface area contributed by atoms with Crippen molar-refractivity contribution in [3.63, 3.8) is 0 Å². The van der Waals surface area contributed by atoms with Crippen LogP contribution < -0.4 is 5.73 Å². The molecule has 1 aromatic heterocycles. The zero-order chi connectivity index (χ0) is 17.8. The number of hydrogen-bond donors (Lipinski definition) is 1. The van der Waals surface area contributed by atoms with Gasteiger partial charge in [0.25, 0.3) is 0 Å². The number of aromatic nitrogens is 1. The number of amides is 1. The fourth-order valence-corrected chi connectivity index (χ4v) is 3.24. The van der Waals surface area contributed by atoms with E-state index in [1.165, 1.54) is 0 Å². The van der Waals surface area contributed by atoms with Crippen LogP contribution in [0.3, 0.4) is 0 Å². The summed E-state index contributed by atoms with van der Waals surface area (Å²) in [4.78, 5) is 16.8. The minimum Gasteiger partial charge on any atom is -0.361 e. The van der Waals surface area contributed by atoms with Crippen molar-refractivity contribution in [2.45, 2.75) is 32.9 Å². The maximum atomic E-state index is 12.5. The molecule has 2 aromatic rings. The van der Waals surface area contributed by atoms with E-state index in [-0.39, 0.29) is 36.8 Å². The highest BCUT2D eigenvalue weighted by Gasteiger charge is 2.24. The van der Waals surface area contributed by atoms with E-state index in [9.17, 15) is 4.79 Å². The summed E-state index contributed by atoms with van der Waals surface area (Å²) in [7, 11) is 0. The summed E-state index contributed by atoms with van der Waals surface area (Å²) in [5.74, 6) is 1.01. The summed E-state index contributed by atoms with van der Waals surface area (Å²) in [6.45, 7) is 7.93. The number of nitrogens with two attached hydrogens (primary N) is 1. The minimum absolute atomic E-state index is 0. The van der Waals surface area contributed by atoms with Gasteiger partial charge < -0.3 is 15.2 Å². The SMILES string of the molecule is Cc1noc(C)c1CN1CCN(C(=O)CC(N)c2ccccc2)CC1.Cl.Cl. The highest BCUT2D eigenvalue weighted by Crippen LogP contribution is 2.18. The number of hydrogen-bond acceptors (Lipinski definition) is 5. The molecular formula is C19H28Cl2N4O2. The average Bonchev–Trinajstić information content (AvgIpc) is 2.95. The van der Waals surface area contributed by atoms with Crippen LogP contribution in [0.25, 0.3) is 0 Å². The van der Waals surface area contributed by atoms with E-state index >= 15 is 0 Å². The van der Waals surface area contributed by atoms with Gasteiger partial charge in [-0.05, 0) is 19.4 Å². The largest absolute Gasteiger partial charge is 0.361 e. The first-order valence-corrected chi connectivity index (χ1v) is 8.77. The molecule has 8 heteroatoms. The second-order valence-electron chi connectivity index (χ2n) is 6.68. The zero-order valence-corrected chi connectivity index (χ0v) is 17.4. The van der Waals surface area contributed by atoms with Crippen LogP contribution in [0.15, 0.2) is 34.9 Å². The standard InChI is InChI=1S/C19H26N4O2.2ClH/c1-14-17(15(2)25-21-14)13-22-8-10-23(11-9-22)19(24)12-18(20)16-6-4-3-5-7-16;;/h3-7,18H,8-13,20H2,1-2H3;2*1H. The van der Waals surface area contributed by atoms with Crippen LogP contribution in [0.5, 0.6) is 0 Å². The lowest BCUT2D eigenvalue weighted by Gasteiger charge is -2.35. The molecule has 1 aliphatic rings. The molecule has 6 nitrogen and oxygen atoms in total. The Morgan fingerprint density at radius 3 is 2.33 bits per heavy atom. The number of halogens is 2. The lowest BCUT2D eigenvalue weighted by atomic mass is 10.0. The van der Waals surface area contributed by atoms with Crippen molar-refractivity contribution < 1.29 is 9.32 Å². The Hall–Kier alpha value is -1.60. The van der Waals surface area contributed by atoms with Gasteiger partial charge in [-0.2, -0.15) is 0 Å². The number of aryl methyl sites for hydroxylation is 2. The summed E-state index contributed by atoms with van der Waals surface area (Å²) < 4.78 is 5.23. The summed E-state index contributed by atoms with van der Waals surface area (Å²) in [5.41, 5.74) is 9.29. The zero-order valence-electron chi connectivity index (χ0n) is 15.8. The van der Waals surface area contributed by atoms with Crippen molar-refractivity contribution in [1.29, 1.82) is 0 Å². The molecule has 150 valence electrons. The summed E-state index contributed by atoms with van der Waals surface area (Å²) >= 11 is 0. The van der Waals surface area contributed by atoms with E-state index in [4.69, 9.17) is 10.3 Å². The summed E-state index contributed by atoms with van der Waals surface area (Å²) in [5, 5.41) is 4.01. The highest BCUT2D eigenvalue weighted by atomic mass is 35.5. The normalized spacial score (nSPS) is 15.6. The Labute approximate surface area is 172 Å². The maximum absolute atomic E-state index is 12.5. The van der Waals surface area contributed by atoms with E-state index in [1.54, 1.807) is 0 Å². The molecule has 0 spiro atoms. The first kappa shape index (κ1) is 23.4. The molecule has 1 aliphatic heterocycles. The summed E-state index contributed by atoms with van der Waals surface area (Å²) in [6.07, 6.45) is 0.355. The molecule has 0 aliphatic carbocycles. The van der Waals surface area contributed by atoms with Gasteiger partial charge in [0.1, 0.15) is 5.76 Å². The number of nitrogens with zero attached hydrogens (tertiary/aromatic N) is 3. The molecule has 1 unspecified atom stereocenters. The molecule has 2 N–H and O–H groups in total. The molecule has 1 amide bonds. The number of carbonyl (C=O) groups excluding carboxylic acids is 1. The number of rotatable bonds is 5. The van der Waals surface area contributed by atoms with Gasteiger partial charge in [0.15, 0.2) is 0 Å². The van der Waals surface area contributed by atoms with E-state index in [1.807, 2.05) is 49.1 Å².